The maximum atomic E-state index is 6.57. The first-order valence-corrected chi connectivity index (χ1v) is 10.4. The molecule has 2 aromatic carbocycles. The summed E-state index contributed by atoms with van der Waals surface area (Å²) in [5.74, 6) is 0. The average molecular weight is 451 g/mol. The Hall–Kier alpha value is -1.72. The Morgan fingerprint density at radius 2 is 1.86 bits per heavy atom. The van der Waals surface area contributed by atoms with E-state index in [-0.39, 0.29) is 6.04 Å². The van der Waals surface area contributed by atoms with Crippen molar-refractivity contribution in [3.63, 3.8) is 0 Å². The van der Waals surface area contributed by atoms with E-state index in [9.17, 15) is 0 Å². The molecule has 7 heteroatoms. The van der Waals surface area contributed by atoms with Crippen LogP contribution in [0.2, 0.25) is 15.1 Å². The van der Waals surface area contributed by atoms with E-state index >= 15 is 0 Å². The second kappa shape index (κ2) is 7.96. The smallest absolute Gasteiger partial charge is 0.174 e. The molecule has 0 fully saturated rings. The van der Waals surface area contributed by atoms with Crippen LogP contribution in [0.25, 0.3) is 0 Å². The number of anilines is 1. The molecule has 0 aliphatic carbocycles. The molecule has 1 N–H and O–H groups in total. The third kappa shape index (κ3) is 3.62. The number of fused-ring (bicyclic) bond motifs is 1. The summed E-state index contributed by atoms with van der Waals surface area (Å²) in [5, 5.41) is 5.94. The van der Waals surface area contributed by atoms with Crippen molar-refractivity contribution >= 4 is 57.8 Å². The molecule has 1 aliphatic rings. The van der Waals surface area contributed by atoms with Crippen molar-refractivity contribution in [2.24, 2.45) is 0 Å². The third-order valence-corrected chi connectivity index (χ3v) is 6.37. The highest BCUT2D eigenvalue weighted by atomic mass is 35.5. The molecule has 0 spiro atoms. The molecule has 3 aromatic rings. The van der Waals surface area contributed by atoms with E-state index < -0.39 is 0 Å². The van der Waals surface area contributed by atoms with Crippen LogP contribution >= 0.6 is 47.0 Å². The molecule has 1 aromatic heterocycles. The molecule has 3 nitrogen and oxygen atoms in total. The van der Waals surface area contributed by atoms with Gasteiger partial charge in [0.15, 0.2) is 5.11 Å². The number of hydrogen-bond acceptors (Lipinski definition) is 1. The van der Waals surface area contributed by atoms with Gasteiger partial charge in [-0.05, 0) is 66.7 Å². The summed E-state index contributed by atoms with van der Waals surface area (Å²) in [6.07, 6.45) is 2.08. The number of hydrogen-bond donors (Lipinski definition) is 1. The molecule has 144 valence electrons. The fourth-order valence-corrected chi connectivity index (χ4v) is 4.58. The Labute approximate surface area is 184 Å². The monoisotopic (exact) mass is 449 g/mol. The number of nitrogens with zero attached hydrogens (tertiary/aromatic N) is 2. The van der Waals surface area contributed by atoms with E-state index in [1.54, 1.807) is 6.07 Å². The van der Waals surface area contributed by atoms with E-state index in [4.69, 9.17) is 47.0 Å². The largest absolute Gasteiger partial charge is 0.348 e. The van der Waals surface area contributed by atoms with Gasteiger partial charge in [0.1, 0.15) is 0 Å². The number of halogens is 3. The fraction of sp³-hybridized carbons (Fsp3) is 0.190. The van der Waals surface area contributed by atoms with Crippen LogP contribution in [0, 0.1) is 6.92 Å². The molecule has 0 saturated carbocycles. The Bertz CT molecular complexity index is 1050. The van der Waals surface area contributed by atoms with E-state index in [0.29, 0.717) is 20.2 Å². The zero-order valence-electron chi connectivity index (χ0n) is 15.1. The average Bonchev–Trinajstić information content (AvgIpc) is 3.14. The zero-order chi connectivity index (χ0) is 19.8. The highest BCUT2D eigenvalue weighted by molar-refractivity contribution is 7.80. The van der Waals surface area contributed by atoms with E-state index in [1.165, 1.54) is 0 Å². The van der Waals surface area contributed by atoms with Crippen LogP contribution < -0.4 is 5.32 Å². The topological polar surface area (TPSA) is 20.2 Å². The van der Waals surface area contributed by atoms with Crippen molar-refractivity contribution in [2.75, 3.05) is 11.9 Å². The van der Waals surface area contributed by atoms with Crippen molar-refractivity contribution in [1.29, 1.82) is 0 Å². The summed E-state index contributed by atoms with van der Waals surface area (Å²) in [7, 11) is 0. The summed E-state index contributed by atoms with van der Waals surface area (Å²) in [6, 6.07) is 15.4. The van der Waals surface area contributed by atoms with Crippen molar-refractivity contribution in [2.45, 2.75) is 19.5 Å². The maximum Gasteiger partial charge on any atom is 0.174 e. The Kier molecular flexibility index (Phi) is 5.57. The SMILES string of the molecule is Cc1c(Cl)cccc1NC(=S)N1CCn2cccc2C1c1ccc(Cl)cc1Cl. The van der Waals surface area contributed by atoms with E-state index in [2.05, 4.69) is 27.0 Å². The lowest BCUT2D eigenvalue weighted by molar-refractivity contribution is 0.293. The molecule has 0 amide bonds. The predicted molar refractivity (Wildman–Crippen MR) is 122 cm³/mol. The third-order valence-electron chi connectivity index (χ3n) is 5.07. The maximum absolute atomic E-state index is 6.57. The zero-order valence-corrected chi connectivity index (χ0v) is 18.2. The molecule has 0 saturated heterocycles. The molecule has 1 atom stereocenters. The van der Waals surface area contributed by atoms with Gasteiger partial charge in [-0.3, -0.25) is 0 Å². The summed E-state index contributed by atoms with van der Waals surface area (Å²) >= 11 is 24.8. The second-order valence-corrected chi connectivity index (χ2v) is 8.37. The van der Waals surface area contributed by atoms with Gasteiger partial charge in [0.25, 0.3) is 0 Å². The minimum atomic E-state index is -0.104. The van der Waals surface area contributed by atoms with Gasteiger partial charge in [0.05, 0.1) is 6.04 Å². The Morgan fingerprint density at radius 1 is 1.04 bits per heavy atom. The minimum absolute atomic E-state index is 0.104. The first-order valence-electron chi connectivity index (χ1n) is 8.88. The number of aromatic nitrogens is 1. The molecule has 28 heavy (non-hydrogen) atoms. The highest BCUT2D eigenvalue weighted by Crippen LogP contribution is 2.37. The lowest BCUT2D eigenvalue weighted by Gasteiger charge is -2.39. The molecular weight excluding hydrogens is 433 g/mol. The van der Waals surface area contributed by atoms with Crippen LogP contribution in [0.4, 0.5) is 5.69 Å². The molecule has 0 bridgehead atoms. The van der Waals surface area contributed by atoms with Gasteiger partial charge < -0.3 is 14.8 Å². The van der Waals surface area contributed by atoms with Crippen molar-refractivity contribution in [3.8, 4) is 0 Å². The summed E-state index contributed by atoms with van der Waals surface area (Å²) in [4.78, 5) is 2.17. The number of rotatable bonds is 2. The lowest BCUT2D eigenvalue weighted by atomic mass is 10.00. The quantitative estimate of drug-likeness (QED) is 0.446. The Morgan fingerprint density at radius 3 is 2.64 bits per heavy atom. The van der Waals surface area contributed by atoms with Gasteiger partial charge in [-0.2, -0.15) is 0 Å². The van der Waals surface area contributed by atoms with E-state index in [0.717, 1.165) is 35.6 Å². The second-order valence-electron chi connectivity index (χ2n) is 6.73. The lowest BCUT2D eigenvalue weighted by Crippen LogP contribution is -2.44. The number of thiocarbonyl (C=S) groups is 1. The van der Waals surface area contributed by atoms with Crippen LogP contribution in [0.1, 0.15) is 22.9 Å². The van der Waals surface area contributed by atoms with Crippen molar-refractivity contribution in [1.82, 2.24) is 9.47 Å². The van der Waals surface area contributed by atoms with E-state index in [1.807, 2.05) is 43.3 Å². The van der Waals surface area contributed by atoms with Gasteiger partial charge in [0.2, 0.25) is 0 Å². The van der Waals surface area contributed by atoms with Crippen LogP contribution in [-0.2, 0) is 6.54 Å². The molecule has 1 unspecified atom stereocenters. The molecule has 1 aliphatic heterocycles. The van der Waals surface area contributed by atoms with Crippen LogP contribution in [0.15, 0.2) is 54.7 Å². The van der Waals surface area contributed by atoms with Gasteiger partial charge in [-0.1, -0.05) is 46.9 Å². The predicted octanol–water partition coefficient (Wildman–Crippen LogP) is 6.56. The minimum Gasteiger partial charge on any atom is -0.348 e. The first-order chi connectivity index (χ1) is 13.5. The summed E-state index contributed by atoms with van der Waals surface area (Å²) < 4.78 is 2.24. The summed E-state index contributed by atoms with van der Waals surface area (Å²) in [5.41, 5.74) is 3.98. The van der Waals surface area contributed by atoms with Gasteiger partial charge in [-0.15, -0.1) is 0 Å². The summed E-state index contributed by atoms with van der Waals surface area (Å²) in [6.45, 7) is 3.58. The van der Waals surface area contributed by atoms with Gasteiger partial charge in [-0.25, -0.2) is 0 Å². The van der Waals surface area contributed by atoms with Crippen molar-refractivity contribution in [3.05, 3.63) is 86.6 Å². The first kappa shape index (κ1) is 19.6. The Balaban J connectivity index is 1.72. The van der Waals surface area contributed by atoms with Crippen molar-refractivity contribution < 1.29 is 0 Å². The molecular formula is C21H18Cl3N3S. The number of nitrogens with one attached hydrogen (secondary N) is 1. The highest BCUT2D eigenvalue weighted by Gasteiger charge is 2.32. The fourth-order valence-electron chi connectivity index (χ4n) is 3.58. The normalized spacial score (nSPS) is 16.0. The molecule has 4 rings (SSSR count). The van der Waals surface area contributed by atoms with Crippen LogP contribution in [0.5, 0.6) is 0 Å². The van der Waals surface area contributed by atoms with Crippen LogP contribution in [-0.4, -0.2) is 21.1 Å². The van der Waals surface area contributed by atoms with Crippen LogP contribution in [0.3, 0.4) is 0 Å². The molecule has 0 radical (unpaired) electrons. The standard InChI is InChI=1S/C21H18Cl3N3S/c1-13-16(23)4-2-5-18(13)25-21(28)27-11-10-26-9-3-6-19(26)20(27)15-8-7-14(22)12-17(15)24/h2-9,12,20H,10-11H2,1H3,(H,25,28). The van der Waals surface area contributed by atoms with Gasteiger partial charge in [0, 0.05) is 45.7 Å². The molecule has 2 heterocycles. The van der Waals surface area contributed by atoms with Gasteiger partial charge >= 0.3 is 0 Å². The number of benzene rings is 2.